The van der Waals surface area contributed by atoms with E-state index in [0.29, 0.717) is 5.75 Å². The predicted octanol–water partition coefficient (Wildman–Crippen LogP) is 2.03. The van der Waals surface area contributed by atoms with Crippen LogP contribution in [0, 0.1) is 10.1 Å². The predicted molar refractivity (Wildman–Crippen MR) is 72.4 cm³/mol. The third-order valence-corrected chi connectivity index (χ3v) is 2.67. The molecule has 0 saturated heterocycles. The lowest BCUT2D eigenvalue weighted by molar-refractivity contribution is -0.385. The molecule has 104 valence electrons. The van der Waals surface area contributed by atoms with Gasteiger partial charge in [0.2, 0.25) is 5.82 Å². The zero-order valence-corrected chi connectivity index (χ0v) is 10.7. The van der Waals surface area contributed by atoms with Gasteiger partial charge in [0, 0.05) is 0 Å². The van der Waals surface area contributed by atoms with Gasteiger partial charge >= 0.3 is 11.6 Å². The summed E-state index contributed by atoms with van der Waals surface area (Å²) < 4.78 is 5.55. The number of hydrogen-bond donors (Lipinski definition) is 2. The molecule has 8 heteroatoms. The first-order valence-electron chi connectivity index (χ1n) is 5.89. The monoisotopic (exact) mass is 275 g/mol. The fraction of sp³-hybridized carbons (Fsp3) is 0.167. The first-order chi connectivity index (χ1) is 9.67. The fourth-order valence-corrected chi connectivity index (χ4v) is 1.71. The number of para-hydroxylation sites is 1. The third kappa shape index (κ3) is 2.64. The van der Waals surface area contributed by atoms with E-state index in [2.05, 4.69) is 15.4 Å². The molecule has 20 heavy (non-hydrogen) atoms. The van der Waals surface area contributed by atoms with E-state index in [9.17, 15) is 10.1 Å². The molecule has 1 aromatic heterocycles. The highest BCUT2D eigenvalue weighted by Gasteiger charge is 2.24. The Kier molecular flexibility index (Phi) is 4.06. The van der Waals surface area contributed by atoms with Crippen molar-refractivity contribution >= 4 is 11.5 Å². The summed E-state index contributed by atoms with van der Waals surface area (Å²) in [6, 6.07) is 7.25. The quantitative estimate of drug-likeness (QED) is 0.487. The Balaban J connectivity index is 2.46. The molecule has 2 aromatic rings. The number of hydrogen-bond acceptors (Lipinski definition) is 7. The number of nitrogens with zero attached hydrogens (tertiary/aromatic N) is 3. The maximum Gasteiger partial charge on any atom is 0.374 e. The van der Waals surface area contributed by atoms with Gasteiger partial charge in [0.25, 0.3) is 0 Å². The molecule has 0 radical (unpaired) electrons. The van der Waals surface area contributed by atoms with Gasteiger partial charge in [-0.15, -0.1) is 0 Å². The van der Waals surface area contributed by atoms with Crippen molar-refractivity contribution < 1.29 is 9.66 Å². The highest BCUT2D eigenvalue weighted by atomic mass is 16.6. The van der Waals surface area contributed by atoms with Crippen molar-refractivity contribution in [3.05, 3.63) is 46.3 Å². The van der Waals surface area contributed by atoms with Crippen LogP contribution in [0.3, 0.4) is 0 Å². The molecule has 3 N–H and O–H groups in total. The van der Waals surface area contributed by atoms with Crippen LogP contribution < -0.4 is 16.0 Å². The first kappa shape index (κ1) is 13.7. The molecule has 1 heterocycles. The summed E-state index contributed by atoms with van der Waals surface area (Å²) >= 11 is 0. The summed E-state index contributed by atoms with van der Waals surface area (Å²) in [4.78, 5) is 18.0. The largest absolute Gasteiger partial charge is 0.433 e. The van der Waals surface area contributed by atoms with Crippen LogP contribution in [0.5, 0.6) is 11.6 Å². The SMILES string of the molecule is CCc1ccccc1Oc1ncnc(NN)c1[N+](=O)[O-]. The van der Waals surface area contributed by atoms with Gasteiger partial charge in [-0.1, -0.05) is 25.1 Å². The van der Waals surface area contributed by atoms with Gasteiger partial charge in [-0.3, -0.25) is 10.1 Å². The van der Waals surface area contributed by atoms with E-state index < -0.39 is 10.6 Å². The molecule has 0 amide bonds. The van der Waals surface area contributed by atoms with Crippen molar-refractivity contribution in [3.8, 4) is 11.6 Å². The van der Waals surface area contributed by atoms with Crippen molar-refractivity contribution in [1.82, 2.24) is 9.97 Å². The second kappa shape index (κ2) is 5.93. The summed E-state index contributed by atoms with van der Waals surface area (Å²) in [6.45, 7) is 1.96. The fourth-order valence-electron chi connectivity index (χ4n) is 1.71. The van der Waals surface area contributed by atoms with Crippen LogP contribution in [0.2, 0.25) is 0 Å². The number of nitrogen functional groups attached to an aromatic ring is 1. The number of benzene rings is 1. The van der Waals surface area contributed by atoms with Crippen LogP contribution in [0.25, 0.3) is 0 Å². The number of rotatable bonds is 5. The Hall–Kier alpha value is -2.74. The number of nitrogens with one attached hydrogen (secondary N) is 1. The Labute approximate surface area is 114 Å². The van der Waals surface area contributed by atoms with Crippen LogP contribution in [0.1, 0.15) is 12.5 Å². The summed E-state index contributed by atoms with van der Waals surface area (Å²) in [5.41, 5.74) is 2.68. The highest BCUT2D eigenvalue weighted by molar-refractivity contribution is 5.61. The Morgan fingerprint density at radius 3 is 2.80 bits per heavy atom. The summed E-state index contributed by atoms with van der Waals surface area (Å²) in [5, 5.41) is 11.1. The Morgan fingerprint density at radius 1 is 1.40 bits per heavy atom. The molecule has 2 rings (SSSR count). The average Bonchev–Trinajstić information content (AvgIpc) is 2.47. The van der Waals surface area contributed by atoms with Gasteiger partial charge in [0.05, 0.1) is 4.92 Å². The van der Waals surface area contributed by atoms with E-state index in [1.54, 1.807) is 12.1 Å². The second-order valence-electron chi connectivity index (χ2n) is 3.84. The molecule has 0 atom stereocenters. The van der Waals surface area contributed by atoms with Crippen LogP contribution in [-0.4, -0.2) is 14.9 Å². The Morgan fingerprint density at radius 2 is 2.15 bits per heavy atom. The van der Waals surface area contributed by atoms with Gasteiger partial charge in [-0.25, -0.2) is 10.8 Å². The number of anilines is 1. The average molecular weight is 275 g/mol. The van der Waals surface area contributed by atoms with Gasteiger partial charge < -0.3 is 10.2 Å². The van der Waals surface area contributed by atoms with Crippen LogP contribution in [0.15, 0.2) is 30.6 Å². The summed E-state index contributed by atoms with van der Waals surface area (Å²) in [5.74, 6) is 5.46. The third-order valence-electron chi connectivity index (χ3n) is 2.67. The topological polar surface area (TPSA) is 116 Å². The minimum Gasteiger partial charge on any atom is -0.433 e. The van der Waals surface area contributed by atoms with Crippen molar-refractivity contribution in [2.75, 3.05) is 5.43 Å². The van der Waals surface area contributed by atoms with Crippen LogP contribution in [0.4, 0.5) is 11.5 Å². The van der Waals surface area contributed by atoms with E-state index in [0.717, 1.165) is 18.3 Å². The molecule has 8 nitrogen and oxygen atoms in total. The summed E-state index contributed by atoms with van der Waals surface area (Å²) in [6.07, 6.45) is 1.88. The zero-order chi connectivity index (χ0) is 14.5. The molecule has 0 bridgehead atoms. The Bertz CT molecular complexity index is 632. The van der Waals surface area contributed by atoms with E-state index in [-0.39, 0.29) is 11.7 Å². The summed E-state index contributed by atoms with van der Waals surface area (Å²) in [7, 11) is 0. The lowest BCUT2D eigenvalue weighted by Gasteiger charge is -2.10. The minimum absolute atomic E-state index is 0.103. The number of ether oxygens (including phenoxy) is 1. The smallest absolute Gasteiger partial charge is 0.374 e. The molecule has 1 aromatic carbocycles. The molecular weight excluding hydrogens is 262 g/mol. The number of aryl methyl sites for hydroxylation is 1. The number of nitro groups is 1. The lowest BCUT2D eigenvalue weighted by atomic mass is 10.1. The molecule has 0 fully saturated rings. The van der Waals surface area contributed by atoms with Crippen molar-refractivity contribution in [2.24, 2.45) is 5.84 Å². The highest BCUT2D eigenvalue weighted by Crippen LogP contribution is 2.34. The number of nitrogens with two attached hydrogens (primary N) is 1. The molecular formula is C12H13N5O3. The number of hydrazine groups is 1. The van der Waals surface area contributed by atoms with Crippen molar-refractivity contribution in [1.29, 1.82) is 0 Å². The second-order valence-corrected chi connectivity index (χ2v) is 3.84. The van der Waals surface area contributed by atoms with Crippen molar-refractivity contribution in [2.45, 2.75) is 13.3 Å². The molecule has 0 spiro atoms. The maximum absolute atomic E-state index is 11.1. The van der Waals surface area contributed by atoms with Crippen molar-refractivity contribution in [3.63, 3.8) is 0 Å². The van der Waals surface area contributed by atoms with Gasteiger partial charge in [-0.2, -0.15) is 4.98 Å². The van der Waals surface area contributed by atoms with E-state index in [1.807, 2.05) is 19.1 Å². The van der Waals surface area contributed by atoms with Crippen LogP contribution in [-0.2, 0) is 6.42 Å². The van der Waals surface area contributed by atoms with Gasteiger partial charge in [0.15, 0.2) is 0 Å². The normalized spacial score (nSPS) is 10.1. The molecule has 0 unspecified atom stereocenters. The molecule has 0 aliphatic heterocycles. The molecule has 0 aliphatic rings. The minimum atomic E-state index is -0.640. The van der Waals surface area contributed by atoms with Gasteiger partial charge in [-0.05, 0) is 18.1 Å². The number of aromatic nitrogens is 2. The maximum atomic E-state index is 11.1. The van der Waals surface area contributed by atoms with E-state index in [1.165, 1.54) is 0 Å². The van der Waals surface area contributed by atoms with E-state index in [4.69, 9.17) is 10.6 Å². The zero-order valence-electron chi connectivity index (χ0n) is 10.7. The molecule has 0 saturated carbocycles. The van der Waals surface area contributed by atoms with Crippen LogP contribution >= 0.6 is 0 Å². The molecule has 0 aliphatic carbocycles. The lowest BCUT2D eigenvalue weighted by Crippen LogP contribution is -2.12. The standard InChI is InChI=1S/C12H13N5O3/c1-2-8-5-3-4-6-9(8)20-12-10(17(18)19)11(16-13)14-7-15-12/h3-7H,2,13H2,1H3,(H,14,15,16). The van der Waals surface area contributed by atoms with Gasteiger partial charge in [0.1, 0.15) is 12.1 Å². The first-order valence-corrected chi connectivity index (χ1v) is 5.89. The van der Waals surface area contributed by atoms with E-state index >= 15 is 0 Å².